The van der Waals surface area contributed by atoms with Gasteiger partial charge in [0.1, 0.15) is 0 Å². The van der Waals surface area contributed by atoms with Gasteiger partial charge < -0.3 is 20.5 Å². The maximum absolute atomic E-state index is 12.5. The van der Waals surface area contributed by atoms with Crippen LogP contribution in [0.25, 0.3) is 0 Å². The Hall–Kier alpha value is -1.99. The van der Waals surface area contributed by atoms with Crippen molar-refractivity contribution < 1.29 is 14.3 Å². The Bertz CT molecular complexity index is 790. The van der Waals surface area contributed by atoms with Gasteiger partial charge in [0, 0.05) is 17.7 Å². The molecule has 0 aliphatic carbocycles. The number of nitrogens with two attached hydrogens (primary N) is 1. The number of fused-ring (bicyclic) bond motifs is 1. The number of thioether (sulfide) groups is 2. The third-order valence-corrected chi connectivity index (χ3v) is 7.08. The summed E-state index contributed by atoms with van der Waals surface area (Å²) in [6.45, 7) is 0.171. The monoisotopic (exact) mass is 374 g/mol. The molecule has 2 aromatic rings. The maximum Gasteiger partial charge on any atom is 0.255 e. The van der Waals surface area contributed by atoms with Crippen LogP contribution < -0.4 is 20.5 Å². The first-order valence-electron chi connectivity index (χ1n) is 8.04. The molecule has 2 aromatic carbocycles. The summed E-state index contributed by atoms with van der Waals surface area (Å²) in [6, 6.07) is 11.2. The van der Waals surface area contributed by atoms with Crippen LogP contribution >= 0.6 is 23.5 Å². The molecule has 0 bridgehead atoms. The Morgan fingerprint density at radius 1 is 1.08 bits per heavy atom. The van der Waals surface area contributed by atoms with Crippen molar-refractivity contribution in [3.8, 4) is 11.5 Å². The molecule has 2 heterocycles. The first-order valence-corrected chi connectivity index (χ1v) is 10.1. The minimum absolute atomic E-state index is 0.171. The number of anilines is 2. The van der Waals surface area contributed by atoms with Crippen molar-refractivity contribution in [2.45, 2.75) is 11.0 Å². The molecule has 3 N–H and O–H groups in total. The van der Waals surface area contributed by atoms with Crippen LogP contribution in [0.3, 0.4) is 0 Å². The molecule has 2 aliphatic rings. The normalized spacial score (nSPS) is 16.6. The van der Waals surface area contributed by atoms with Gasteiger partial charge in [-0.3, -0.25) is 4.79 Å². The van der Waals surface area contributed by atoms with E-state index in [1.807, 2.05) is 47.8 Å². The Kier molecular flexibility index (Phi) is 4.67. The van der Waals surface area contributed by atoms with E-state index in [0.29, 0.717) is 33.0 Å². The van der Waals surface area contributed by atoms with Crippen molar-refractivity contribution in [2.75, 3.05) is 29.3 Å². The average Bonchev–Trinajstić information content (AvgIpc) is 3.10. The van der Waals surface area contributed by atoms with Crippen LogP contribution in [0.5, 0.6) is 11.5 Å². The second-order valence-corrected chi connectivity index (χ2v) is 8.52. The lowest BCUT2D eigenvalue weighted by Gasteiger charge is -2.21. The predicted octanol–water partition coefficient (Wildman–Crippen LogP) is 4.12. The molecular weight excluding hydrogens is 356 g/mol. The first kappa shape index (κ1) is 16.5. The van der Waals surface area contributed by atoms with E-state index in [2.05, 4.69) is 5.32 Å². The van der Waals surface area contributed by atoms with Gasteiger partial charge in [-0.2, -0.15) is 0 Å². The van der Waals surface area contributed by atoms with E-state index in [-0.39, 0.29) is 12.7 Å². The maximum atomic E-state index is 12.5. The van der Waals surface area contributed by atoms with E-state index < -0.39 is 0 Å². The smallest absolute Gasteiger partial charge is 0.255 e. The molecule has 0 aromatic heterocycles. The minimum Gasteiger partial charge on any atom is -0.454 e. The lowest BCUT2D eigenvalue weighted by atomic mass is 10.1. The quantitative estimate of drug-likeness (QED) is 0.788. The van der Waals surface area contributed by atoms with Crippen molar-refractivity contribution >= 4 is 40.8 Å². The van der Waals surface area contributed by atoms with Crippen molar-refractivity contribution in [1.82, 2.24) is 0 Å². The molecule has 2 aliphatic heterocycles. The Labute approximate surface area is 154 Å². The van der Waals surface area contributed by atoms with Crippen LogP contribution in [0.15, 0.2) is 36.4 Å². The lowest BCUT2D eigenvalue weighted by Crippen LogP contribution is -2.13. The molecule has 0 saturated carbocycles. The fraction of sp³-hybridized carbons (Fsp3) is 0.278. The predicted molar refractivity (Wildman–Crippen MR) is 104 cm³/mol. The lowest BCUT2D eigenvalue weighted by molar-refractivity contribution is 0.102. The third kappa shape index (κ3) is 3.52. The Balaban J connectivity index is 1.48. The van der Waals surface area contributed by atoms with Crippen LogP contribution in [0, 0.1) is 0 Å². The summed E-state index contributed by atoms with van der Waals surface area (Å²) in [5, 5.41) is 2.85. The number of carbonyl (C=O) groups is 1. The zero-order valence-corrected chi connectivity index (χ0v) is 15.1. The fourth-order valence-electron chi connectivity index (χ4n) is 2.73. The van der Waals surface area contributed by atoms with Crippen molar-refractivity contribution in [3.63, 3.8) is 0 Å². The SMILES string of the molecule is Nc1cc2c(cc1NC(=O)c1ccc(C3SCCCS3)cc1)OCO2. The summed E-state index contributed by atoms with van der Waals surface area (Å²) in [4.78, 5) is 12.5. The largest absolute Gasteiger partial charge is 0.454 e. The number of benzene rings is 2. The highest BCUT2D eigenvalue weighted by Gasteiger charge is 2.19. The highest BCUT2D eigenvalue weighted by atomic mass is 32.2. The molecular formula is C18H18N2O3S2. The summed E-state index contributed by atoms with van der Waals surface area (Å²) in [6.07, 6.45) is 1.27. The third-order valence-electron chi connectivity index (χ3n) is 4.07. The number of ether oxygens (including phenoxy) is 2. The van der Waals surface area contributed by atoms with Gasteiger partial charge in [0.15, 0.2) is 11.5 Å². The van der Waals surface area contributed by atoms with Gasteiger partial charge in [0.25, 0.3) is 5.91 Å². The van der Waals surface area contributed by atoms with E-state index in [4.69, 9.17) is 15.2 Å². The zero-order valence-electron chi connectivity index (χ0n) is 13.5. The molecule has 1 amide bonds. The number of hydrogen-bond acceptors (Lipinski definition) is 6. The van der Waals surface area contributed by atoms with Crippen LogP contribution in [0.4, 0.5) is 11.4 Å². The number of carbonyl (C=O) groups excluding carboxylic acids is 1. The van der Waals surface area contributed by atoms with Gasteiger partial charge in [-0.1, -0.05) is 12.1 Å². The molecule has 0 atom stereocenters. The Morgan fingerprint density at radius 3 is 2.48 bits per heavy atom. The summed E-state index contributed by atoms with van der Waals surface area (Å²) < 4.78 is 11.1. The van der Waals surface area contributed by atoms with E-state index in [1.54, 1.807) is 12.1 Å². The second-order valence-electron chi connectivity index (χ2n) is 5.80. The molecule has 0 spiro atoms. The molecule has 130 valence electrons. The first-order chi connectivity index (χ1) is 12.2. The standard InChI is InChI=1S/C18H18N2O3S2/c19-13-8-15-16(23-10-22-15)9-14(13)20-17(21)11-2-4-12(5-3-11)18-24-6-1-7-25-18/h2-5,8-9,18H,1,6-7,10,19H2,(H,20,21). The van der Waals surface area contributed by atoms with Crippen LogP contribution in [0.1, 0.15) is 26.9 Å². The molecule has 5 nitrogen and oxygen atoms in total. The van der Waals surface area contributed by atoms with Crippen molar-refractivity contribution in [3.05, 3.63) is 47.5 Å². The molecule has 0 radical (unpaired) electrons. The number of rotatable bonds is 3. The number of hydrogen-bond donors (Lipinski definition) is 2. The molecule has 1 fully saturated rings. The number of amides is 1. The van der Waals surface area contributed by atoms with Crippen LogP contribution in [-0.2, 0) is 0 Å². The molecule has 7 heteroatoms. The Morgan fingerprint density at radius 2 is 1.76 bits per heavy atom. The van der Waals surface area contributed by atoms with E-state index >= 15 is 0 Å². The zero-order chi connectivity index (χ0) is 17.2. The van der Waals surface area contributed by atoms with E-state index in [9.17, 15) is 4.79 Å². The highest BCUT2D eigenvalue weighted by molar-refractivity contribution is 8.16. The molecule has 25 heavy (non-hydrogen) atoms. The second kappa shape index (κ2) is 7.09. The summed E-state index contributed by atoms with van der Waals surface area (Å²) in [5.41, 5.74) is 8.82. The highest BCUT2D eigenvalue weighted by Crippen LogP contribution is 2.43. The van der Waals surface area contributed by atoms with Crippen LogP contribution in [-0.4, -0.2) is 24.2 Å². The van der Waals surface area contributed by atoms with Gasteiger partial charge in [-0.15, -0.1) is 23.5 Å². The minimum atomic E-state index is -0.193. The number of nitrogens with one attached hydrogen (secondary N) is 1. The van der Waals surface area contributed by atoms with Gasteiger partial charge in [0.2, 0.25) is 6.79 Å². The average molecular weight is 374 g/mol. The summed E-state index contributed by atoms with van der Waals surface area (Å²) >= 11 is 3.93. The molecule has 0 unspecified atom stereocenters. The van der Waals surface area contributed by atoms with Gasteiger partial charge >= 0.3 is 0 Å². The summed E-state index contributed by atoms with van der Waals surface area (Å²) in [5.74, 6) is 3.39. The van der Waals surface area contributed by atoms with E-state index in [1.165, 1.54) is 23.5 Å². The van der Waals surface area contributed by atoms with Gasteiger partial charge in [-0.05, 0) is 35.6 Å². The van der Waals surface area contributed by atoms with Crippen molar-refractivity contribution in [1.29, 1.82) is 0 Å². The molecule has 4 rings (SSSR count). The fourth-order valence-corrected chi connectivity index (χ4v) is 5.63. The van der Waals surface area contributed by atoms with Gasteiger partial charge in [-0.25, -0.2) is 0 Å². The van der Waals surface area contributed by atoms with E-state index in [0.717, 1.165) is 0 Å². The molecule has 1 saturated heterocycles. The topological polar surface area (TPSA) is 73.6 Å². The number of nitrogen functional groups attached to an aromatic ring is 1. The summed E-state index contributed by atoms with van der Waals surface area (Å²) in [7, 11) is 0. The van der Waals surface area contributed by atoms with Gasteiger partial charge in [0.05, 0.1) is 16.0 Å². The van der Waals surface area contributed by atoms with Crippen molar-refractivity contribution in [2.24, 2.45) is 0 Å². The van der Waals surface area contributed by atoms with Crippen LogP contribution in [0.2, 0.25) is 0 Å².